The minimum atomic E-state index is -4.54. The van der Waals surface area contributed by atoms with E-state index in [1.165, 1.54) is 12.1 Å². The summed E-state index contributed by atoms with van der Waals surface area (Å²) in [4.78, 5) is 38.1. The van der Waals surface area contributed by atoms with E-state index >= 15 is 0 Å². The molecule has 0 heterocycles. The van der Waals surface area contributed by atoms with Crippen molar-refractivity contribution in [3.8, 4) is 5.75 Å². The van der Waals surface area contributed by atoms with Gasteiger partial charge in [-0.3, -0.25) is 19.4 Å². The lowest BCUT2D eigenvalue weighted by Crippen LogP contribution is -2.13. The summed E-state index contributed by atoms with van der Waals surface area (Å²) in [5, 5.41) is 16.1. The first-order chi connectivity index (χ1) is 11.0. The smallest absolute Gasteiger partial charge is 0.481 e. The minimum absolute atomic E-state index is 0.00682. The second-order valence-corrected chi connectivity index (χ2v) is 6.31. The maximum Gasteiger partial charge on any atom is 0.524 e. The first-order valence-electron chi connectivity index (χ1n) is 7.22. The Bertz CT molecular complexity index is 559. The number of phosphoric acid groups is 1. The molecule has 4 N–H and O–H groups in total. The zero-order chi connectivity index (χ0) is 18.8. The van der Waals surface area contributed by atoms with Crippen LogP contribution < -0.4 is 4.52 Å². The summed E-state index contributed by atoms with van der Waals surface area (Å²) in [6.45, 7) is 2.91. The van der Waals surface area contributed by atoms with Gasteiger partial charge in [0.05, 0.1) is 0 Å². The molecule has 9 heteroatoms. The lowest BCUT2D eigenvalue weighted by Gasteiger charge is -2.11. The number of ketones is 1. The summed E-state index contributed by atoms with van der Waals surface area (Å²) >= 11 is 0. The van der Waals surface area contributed by atoms with Crippen LogP contribution in [-0.2, 0) is 20.6 Å². The van der Waals surface area contributed by atoms with Gasteiger partial charge in [-0.15, -0.1) is 0 Å². The Morgan fingerprint density at radius 2 is 1.71 bits per heavy atom. The molecule has 0 saturated heterocycles. The van der Waals surface area contributed by atoms with Crippen molar-refractivity contribution in [2.45, 2.75) is 33.1 Å². The van der Waals surface area contributed by atoms with Crippen LogP contribution in [0.3, 0.4) is 0 Å². The van der Waals surface area contributed by atoms with E-state index in [-0.39, 0.29) is 24.1 Å². The average Bonchev–Trinajstić information content (AvgIpc) is 2.44. The van der Waals surface area contributed by atoms with Gasteiger partial charge in [-0.1, -0.05) is 19.1 Å². The maximum absolute atomic E-state index is 11.7. The summed E-state index contributed by atoms with van der Waals surface area (Å²) in [6.07, 6.45) is 1.37. The predicted molar refractivity (Wildman–Crippen MR) is 86.6 cm³/mol. The number of carbonyl (C=O) groups excluding carboxylic acids is 1. The number of aliphatic hydroxyl groups is 1. The number of hydrogen-bond donors (Lipinski definition) is 4. The number of Topliss-reactive ketones (excluding diaryl/α,β-unsaturated/α-hetero) is 1. The van der Waals surface area contributed by atoms with Crippen LogP contribution in [-0.4, -0.2) is 38.4 Å². The molecule has 136 valence electrons. The molecule has 0 bridgehead atoms. The molecule has 24 heavy (non-hydrogen) atoms. The van der Waals surface area contributed by atoms with Gasteiger partial charge in [-0.05, 0) is 30.5 Å². The molecule has 0 amide bonds. The van der Waals surface area contributed by atoms with E-state index < -0.39 is 13.8 Å². The van der Waals surface area contributed by atoms with Gasteiger partial charge < -0.3 is 14.7 Å². The third-order valence-electron chi connectivity index (χ3n) is 2.82. The Morgan fingerprint density at radius 1 is 1.21 bits per heavy atom. The maximum atomic E-state index is 11.7. The van der Waals surface area contributed by atoms with Crippen molar-refractivity contribution in [3.05, 3.63) is 29.8 Å². The van der Waals surface area contributed by atoms with Crippen LogP contribution in [0.1, 0.15) is 32.3 Å². The third-order valence-corrected chi connectivity index (χ3v) is 3.27. The number of rotatable bonds is 8. The lowest BCUT2D eigenvalue weighted by molar-refractivity contribution is -0.134. The number of carbonyl (C=O) groups is 2. The van der Waals surface area contributed by atoms with Gasteiger partial charge in [0.2, 0.25) is 0 Å². The molecule has 0 saturated carbocycles. The van der Waals surface area contributed by atoms with E-state index in [0.29, 0.717) is 19.3 Å². The van der Waals surface area contributed by atoms with Gasteiger partial charge in [0.15, 0.2) is 0 Å². The normalized spacial score (nSPS) is 11.9. The van der Waals surface area contributed by atoms with Gasteiger partial charge in [0, 0.05) is 25.9 Å². The van der Waals surface area contributed by atoms with Crippen molar-refractivity contribution in [3.63, 3.8) is 0 Å². The minimum Gasteiger partial charge on any atom is -0.481 e. The zero-order valence-corrected chi connectivity index (χ0v) is 14.5. The summed E-state index contributed by atoms with van der Waals surface area (Å²) in [6, 6.07) is 6.25. The first kappa shape index (κ1) is 22.3. The predicted octanol–water partition coefficient (Wildman–Crippen LogP) is 1.77. The topological polar surface area (TPSA) is 141 Å². The number of phosphoric ester groups is 1. The fourth-order valence-electron chi connectivity index (χ4n) is 1.79. The molecule has 8 nitrogen and oxygen atoms in total. The van der Waals surface area contributed by atoms with Gasteiger partial charge >= 0.3 is 7.82 Å². The van der Waals surface area contributed by atoms with E-state index in [0.717, 1.165) is 12.5 Å². The molecule has 0 fully saturated rings. The Balaban J connectivity index is 0.00000118. The van der Waals surface area contributed by atoms with Crippen molar-refractivity contribution >= 4 is 19.6 Å². The van der Waals surface area contributed by atoms with Gasteiger partial charge in [-0.25, -0.2) is 4.57 Å². The number of benzene rings is 1. The molecular formula is C15H23O8P. The van der Waals surface area contributed by atoms with E-state index in [1.54, 1.807) is 12.1 Å². The van der Waals surface area contributed by atoms with Crippen LogP contribution in [0.25, 0.3) is 0 Å². The fraction of sp³-hybridized carbons (Fsp3) is 0.467. The molecule has 1 atom stereocenters. The van der Waals surface area contributed by atoms with Gasteiger partial charge in [0.1, 0.15) is 11.5 Å². The molecule has 1 aromatic carbocycles. The number of hydrogen-bond acceptors (Lipinski definition) is 5. The highest BCUT2D eigenvalue weighted by Crippen LogP contribution is 2.37. The lowest BCUT2D eigenvalue weighted by atomic mass is 9.95. The molecule has 0 spiro atoms. The molecule has 0 radical (unpaired) electrons. The number of carboxylic acids is 1. The Kier molecular flexibility index (Phi) is 10.1. The van der Waals surface area contributed by atoms with Crippen molar-refractivity contribution < 1.29 is 38.7 Å². The van der Waals surface area contributed by atoms with E-state index in [4.69, 9.17) is 24.8 Å². The second kappa shape index (κ2) is 10.9. The van der Waals surface area contributed by atoms with Crippen LogP contribution in [0.15, 0.2) is 24.3 Å². The van der Waals surface area contributed by atoms with Crippen LogP contribution in [0.4, 0.5) is 0 Å². The monoisotopic (exact) mass is 362 g/mol. The fourth-order valence-corrected chi connectivity index (χ4v) is 2.19. The summed E-state index contributed by atoms with van der Waals surface area (Å²) in [5.74, 6) is -0.814. The van der Waals surface area contributed by atoms with E-state index in [1.807, 2.05) is 6.92 Å². The highest BCUT2D eigenvalue weighted by Gasteiger charge is 2.16. The quantitative estimate of drug-likeness (QED) is 0.513. The van der Waals surface area contributed by atoms with Crippen LogP contribution >= 0.6 is 7.82 Å². The summed E-state index contributed by atoms with van der Waals surface area (Å²) in [5.41, 5.74) is 0.882. The second-order valence-electron chi connectivity index (χ2n) is 5.14. The SMILES string of the molecule is CC(=O)O.CC(Cc1ccc(OP(=O)(O)O)cc1)C(=O)CCCO. The molecule has 1 rings (SSSR count). The molecule has 0 aliphatic heterocycles. The Labute approximate surface area is 140 Å². The standard InChI is InChI=1S/C13H19O6P.C2H4O2/c1-10(13(15)3-2-8-14)9-11-4-6-12(7-5-11)19-20(16,17)18;1-2(3)4/h4-7,10,14H,2-3,8-9H2,1H3,(H2,16,17,18);1H3,(H,3,4). The van der Waals surface area contributed by atoms with Gasteiger partial charge in [-0.2, -0.15) is 0 Å². The Hall–Kier alpha value is -1.73. The zero-order valence-electron chi connectivity index (χ0n) is 13.6. The van der Waals surface area contributed by atoms with Crippen molar-refractivity contribution in [1.29, 1.82) is 0 Å². The molecule has 0 aliphatic carbocycles. The van der Waals surface area contributed by atoms with Crippen molar-refractivity contribution in [2.75, 3.05) is 6.61 Å². The van der Waals surface area contributed by atoms with E-state index in [9.17, 15) is 9.36 Å². The summed E-state index contributed by atoms with van der Waals surface area (Å²) < 4.78 is 15.1. The molecular weight excluding hydrogens is 339 g/mol. The highest BCUT2D eigenvalue weighted by atomic mass is 31.2. The van der Waals surface area contributed by atoms with Crippen LogP contribution in [0.2, 0.25) is 0 Å². The molecule has 1 aromatic rings. The van der Waals surface area contributed by atoms with Gasteiger partial charge in [0.25, 0.3) is 5.97 Å². The van der Waals surface area contributed by atoms with Crippen molar-refractivity contribution in [2.24, 2.45) is 5.92 Å². The first-order valence-corrected chi connectivity index (χ1v) is 8.75. The molecule has 0 aromatic heterocycles. The number of aliphatic carboxylic acids is 1. The van der Waals surface area contributed by atoms with Crippen LogP contribution in [0, 0.1) is 5.92 Å². The average molecular weight is 362 g/mol. The molecule has 1 unspecified atom stereocenters. The highest BCUT2D eigenvalue weighted by molar-refractivity contribution is 7.46. The number of carboxylic acid groups (broad SMARTS) is 1. The Morgan fingerprint density at radius 3 is 2.12 bits per heavy atom. The van der Waals surface area contributed by atoms with E-state index in [2.05, 4.69) is 4.52 Å². The summed E-state index contributed by atoms with van der Waals surface area (Å²) in [7, 11) is -4.54. The molecule has 0 aliphatic rings. The largest absolute Gasteiger partial charge is 0.524 e. The van der Waals surface area contributed by atoms with Crippen molar-refractivity contribution in [1.82, 2.24) is 0 Å². The third kappa shape index (κ3) is 11.8. The van der Waals surface area contributed by atoms with Crippen LogP contribution in [0.5, 0.6) is 5.75 Å². The number of aliphatic hydroxyl groups excluding tert-OH is 1.